The summed E-state index contributed by atoms with van der Waals surface area (Å²) < 4.78 is 10.3. The molecule has 0 unspecified atom stereocenters. The largest absolute Gasteiger partial charge is 0.460 e. The summed E-state index contributed by atoms with van der Waals surface area (Å²) in [5.41, 5.74) is 0.0821. The van der Waals surface area contributed by atoms with Crippen molar-refractivity contribution in [3.63, 3.8) is 0 Å². The van der Waals surface area contributed by atoms with E-state index >= 15 is 0 Å². The normalized spacial score (nSPS) is 10.5. The summed E-state index contributed by atoms with van der Waals surface area (Å²) in [4.78, 5) is 23.5. The number of para-hydroxylation sites is 1. The molecule has 4 nitrogen and oxygen atoms in total. The van der Waals surface area contributed by atoms with E-state index in [1.54, 1.807) is 31.2 Å². The van der Waals surface area contributed by atoms with Crippen LogP contribution in [0.15, 0.2) is 37.9 Å². The molecule has 0 amide bonds. The Morgan fingerprint density at radius 1 is 1.41 bits per heavy atom. The van der Waals surface area contributed by atoms with Crippen LogP contribution in [0.5, 0.6) is 0 Å². The molecule has 0 radical (unpaired) electrons. The van der Waals surface area contributed by atoms with Gasteiger partial charge >= 0.3 is 5.97 Å². The lowest BCUT2D eigenvalue weighted by Crippen LogP contribution is -2.12. The van der Waals surface area contributed by atoms with Gasteiger partial charge in [0.25, 0.3) is 0 Å². The minimum absolute atomic E-state index is 0.0923. The number of fused-ring (bicyclic) bond motifs is 1. The van der Waals surface area contributed by atoms with E-state index < -0.39 is 5.97 Å². The number of benzene rings is 1. The van der Waals surface area contributed by atoms with Gasteiger partial charge < -0.3 is 9.15 Å². The Labute approximate surface area is 105 Å². The maximum atomic E-state index is 11.9. The maximum Gasteiger partial charge on any atom is 0.375 e. The van der Waals surface area contributed by atoms with Gasteiger partial charge in [0.05, 0.1) is 12.0 Å². The molecule has 2 aromatic rings. The third-order valence-corrected chi connectivity index (χ3v) is 2.92. The molecule has 1 aromatic carbocycles. The monoisotopic (exact) mass is 296 g/mol. The van der Waals surface area contributed by atoms with Crippen molar-refractivity contribution in [3.05, 3.63) is 44.7 Å². The van der Waals surface area contributed by atoms with Crippen LogP contribution in [0.2, 0.25) is 0 Å². The lowest BCUT2D eigenvalue weighted by molar-refractivity contribution is 0.0489. The van der Waals surface area contributed by atoms with E-state index in [9.17, 15) is 9.59 Å². The molecule has 0 saturated carbocycles. The van der Waals surface area contributed by atoms with E-state index in [0.717, 1.165) is 0 Å². The second-order valence-electron chi connectivity index (χ2n) is 3.29. The number of halogens is 1. The highest BCUT2D eigenvalue weighted by molar-refractivity contribution is 9.10. The predicted molar refractivity (Wildman–Crippen MR) is 66.1 cm³/mol. The third-order valence-electron chi connectivity index (χ3n) is 2.20. The Morgan fingerprint density at radius 2 is 2.12 bits per heavy atom. The van der Waals surface area contributed by atoms with E-state index in [1.807, 2.05) is 0 Å². The molecule has 2 rings (SSSR count). The van der Waals surface area contributed by atoms with Crippen LogP contribution in [-0.4, -0.2) is 12.6 Å². The molecule has 88 valence electrons. The van der Waals surface area contributed by atoms with E-state index in [-0.39, 0.29) is 22.3 Å². The van der Waals surface area contributed by atoms with Crippen LogP contribution < -0.4 is 5.43 Å². The summed E-state index contributed by atoms with van der Waals surface area (Å²) in [6, 6.07) is 6.73. The van der Waals surface area contributed by atoms with Gasteiger partial charge in [-0.15, -0.1) is 0 Å². The Morgan fingerprint density at radius 3 is 2.82 bits per heavy atom. The van der Waals surface area contributed by atoms with E-state index in [2.05, 4.69) is 15.9 Å². The molecule has 0 atom stereocenters. The Balaban J connectivity index is 2.70. The summed E-state index contributed by atoms with van der Waals surface area (Å²) in [5.74, 6) is -0.752. The first-order chi connectivity index (χ1) is 8.15. The van der Waals surface area contributed by atoms with Gasteiger partial charge in [-0.05, 0) is 35.0 Å². The number of ether oxygens (including phenoxy) is 1. The zero-order valence-electron chi connectivity index (χ0n) is 9.03. The molecule has 17 heavy (non-hydrogen) atoms. The van der Waals surface area contributed by atoms with Crippen LogP contribution in [0.3, 0.4) is 0 Å². The number of rotatable bonds is 2. The fourth-order valence-corrected chi connectivity index (χ4v) is 1.90. The fraction of sp³-hybridized carbons (Fsp3) is 0.167. The molecule has 0 aliphatic rings. The van der Waals surface area contributed by atoms with Gasteiger partial charge in [0.2, 0.25) is 11.2 Å². The van der Waals surface area contributed by atoms with Gasteiger partial charge in [-0.2, -0.15) is 0 Å². The van der Waals surface area contributed by atoms with Gasteiger partial charge in [-0.1, -0.05) is 12.1 Å². The second-order valence-corrected chi connectivity index (χ2v) is 4.08. The molecule has 0 saturated heterocycles. The van der Waals surface area contributed by atoms with Crippen molar-refractivity contribution in [2.75, 3.05) is 6.61 Å². The zero-order valence-corrected chi connectivity index (χ0v) is 10.6. The highest BCUT2D eigenvalue weighted by Gasteiger charge is 2.19. The van der Waals surface area contributed by atoms with Crippen molar-refractivity contribution in [2.24, 2.45) is 0 Å². The first-order valence-electron chi connectivity index (χ1n) is 5.03. The van der Waals surface area contributed by atoms with Gasteiger partial charge in [-0.25, -0.2) is 4.79 Å². The summed E-state index contributed by atoms with van der Waals surface area (Å²) in [6.45, 7) is 1.91. The van der Waals surface area contributed by atoms with Crippen molar-refractivity contribution >= 4 is 32.9 Å². The molecule has 5 heteroatoms. The summed E-state index contributed by atoms with van der Waals surface area (Å²) in [6.07, 6.45) is 0. The van der Waals surface area contributed by atoms with Crippen molar-refractivity contribution < 1.29 is 13.9 Å². The van der Waals surface area contributed by atoms with Crippen LogP contribution in [0.4, 0.5) is 0 Å². The van der Waals surface area contributed by atoms with Crippen molar-refractivity contribution in [2.45, 2.75) is 6.92 Å². The lowest BCUT2D eigenvalue weighted by atomic mass is 10.2. The molecule has 0 N–H and O–H groups in total. The highest BCUT2D eigenvalue weighted by Crippen LogP contribution is 2.20. The molecule has 0 aliphatic heterocycles. The van der Waals surface area contributed by atoms with Crippen LogP contribution in [0, 0.1) is 0 Å². The Hall–Kier alpha value is -1.62. The van der Waals surface area contributed by atoms with Gasteiger partial charge in [0, 0.05) is 0 Å². The standard InChI is InChI=1S/C12H9BrO4/c1-2-16-12(15)11-9(13)10(14)7-5-3-4-6-8(7)17-11/h3-6H,2H2,1H3. The molecule has 1 heterocycles. The van der Waals surface area contributed by atoms with Gasteiger partial charge in [0.15, 0.2) is 0 Å². The minimum Gasteiger partial charge on any atom is -0.460 e. The average Bonchev–Trinajstić information content (AvgIpc) is 2.34. The Bertz CT molecular complexity index is 630. The Kier molecular flexibility index (Phi) is 3.28. The van der Waals surface area contributed by atoms with Crippen LogP contribution >= 0.6 is 15.9 Å². The number of esters is 1. The number of carbonyl (C=O) groups excluding carboxylic acids is 1. The molecule has 0 aliphatic carbocycles. The summed E-state index contributed by atoms with van der Waals surface area (Å²) >= 11 is 3.06. The lowest BCUT2D eigenvalue weighted by Gasteiger charge is -2.04. The van der Waals surface area contributed by atoms with Crippen LogP contribution in [0.25, 0.3) is 11.0 Å². The van der Waals surface area contributed by atoms with Crippen molar-refractivity contribution in [1.82, 2.24) is 0 Å². The molecular formula is C12H9BrO4. The average molecular weight is 297 g/mol. The predicted octanol–water partition coefficient (Wildman–Crippen LogP) is 2.73. The molecule has 1 aromatic heterocycles. The second kappa shape index (κ2) is 4.71. The van der Waals surface area contributed by atoms with E-state index in [4.69, 9.17) is 9.15 Å². The minimum atomic E-state index is -0.651. The fourth-order valence-electron chi connectivity index (χ4n) is 1.45. The molecule has 0 spiro atoms. The molecule has 0 fully saturated rings. The van der Waals surface area contributed by atoms with E-state index in [0.29, 0.717) is 11.0 Å². The smallest absolute Gasteiger partial charge is 0.375 e. The van der Waals surface area contributed by atoms with Crippen LogP contribution in [-0.2, 0) is 4.74 Å². The quantitative estimate of drug-likeness (QED) is 0.800. The first-order valence-corrected chi connectivity index (χ1v) is 5.83. The number of hydrogen-bond acceptors (Lipinski definition) is 4. The van der Waals surface area contributed by atoms with Gasteiger partial charge in [-0.3, -0.25) is 4.79 Å². The van der Waals surface area contributed by atoms with Crippen molar-refractivity contribution in [3.8, 4) is 0 Å². The summed E-state index contributed by atoms with van der Waals surface area (Å²) in [7, 11) is 0. The number of hydrogen-bond donors (Lipinski definition) is 0. The third kappa shape index (κ3) is 2.10. The topological polar surface area (TPSA) is 56.5 Å². The maximum absolute atomic E-state index is 11.9. The van der Waals surface area contributed by atoms with E-state index in [1.165, 1.54) is 0 Å². The highest BCUT2D eigenvalue weighted by atomic mass is 79.9. The first kappa shape index (κ1) is 11.9. The molecule has 0 bridgehead atoms. The SMILES string of the molecule is CCOC(=O)c1oc2ccccc2c(=O)c1Br. The van der Waals surface area contributed by atoms with Crippen LogP contribution in [0.1, 0.15) is 17.5 Å². The summed E-state index contributed by atoms with van der Waals surface area (Å²) in [5, 5.41) is 0.424. The number of carbonyl (C=O) groups is 1. The van der Waals surface area contributed by atoms with Crippen molar-refractivity contribution in [1.29, 1.82) is 0 Å². The van der Waals surface area contributed by atoms with Gasteiger partial charge in [0.1, 0.15) is 10.1 Å². The molecular weight excluding hydrogens is 288 g/mol. The zero-order chi connectivity index (χ0) is 12.4.